The first-order chi connectivity index (χ1) is 17.6. The number of epoxide rings is 1. The standard InChI is InChI=1S/C29H38O8/c1-18-9-11-28-16-34-26(32)14-19(2)10-12-33-21(20(3)30)7-5-6-8-25(31)37-22-15-24(36-23(28)13-18)29(17-35-29)27(22,28)4/h5-8,13-14,20-24,30H,9-12,15-17H2,1-4H3/b7-5+,8-6-,19-14-/t20-,21-,22-,23-,24-,27-,28-,29+/m1/s1. The molecule has 2 aliphatic carbocycles. The highest BCUT2D eigenvalue weighted by atomic mass is 16.6. The molecular formula is C29H38O8. The molecule has 202 valence electrons. The van der Waals surface area contributed by atoms with E-state index in [1.807, 2.05) is 6.92 Å². The van der Waals surface area contributed by atoms with E-state index in [0.717, 1.165) is 18.4 Å². The van der Waals surface area contributed by atoms with Crippen molar-refractivity contribution in [1.29, 1.82) is 0 Å². The Hall–Kier alpha value is -2.26. The highest BCUT2D eigenvalue weighted by Gasteiger charge is 2.83. The lowest BCUT2D eigenvalue weighted by atomic mass is 9.51. The monoisotopic (exact) mass is 514 g/mol. The lowest BCUT2D eigenvalue weighted by molar-refractivity contribution is -0.232. The van der Waals surface area contributed by atoms with E-state index in [0.29, 0.717) is 26.1 Å². The van der Waals surface area contributed by atoms with Crippen LogP contribution in [0.3, 0.4) is 0 Å². The average molecular weight is 515 g/mol. The first-order valence-corrected chi connectivity index (χ1v) is 13.3. The van der Waals surface area contributed by atoms with Gasteiger partial charge in [0, 0.05) is 24.0 Å². The van der Waals surface area contributed by atoms with Crippen LogP contribution in [0.4, 0.5) is 0 Å². The van der Waals surface area contributed by atoms with Crippen molar-refractivity contribution in [2.45, 2.75) is 89.5 Å². The molecule has 3 fully saturated rings. The Kier molecular flexibility index (Phi) is 6.98. The SMILES string of the molecule is CC1=C[C@H]2O[C@@H]3C[C@H]4OC(=O)/C=C\C=C\[C@H]([C@@H](C)O)OCC/C(C)=C\C(=O)OC[C@@]2(CC1)[C@]4(C)[C@]31CO1. The number of carbonyl (C=O) groups excluding carboxylic acids is 2. The molecule has 0 aromatic carbocycles. The van der Waals surface area contributed by atoms with Gasteiger partial charge in [-0.3, -0.25) is 0 Å². The molecule has 1 saturated carbocycles. The van der Waals surface area contributed by atoms with Gasteiger partial charge in [0.25, 0.3) is 0 Å². The molecule has 2 bridgehead atoms. The van der Waals surface area contributed by atoms with E-state index < -0.39 is 46.7 Å². The number of hydrogen-bond acceptors (Lipinski definition) is 8. The number of cyclic esters (lactones) is 1. The summed E-state index contributed by atoms with van der Waals surface area (Å²) in [7, 11) is 0. The summed E-state index contributed by atoms with van der Waals surface area (Å²) in [4.78, 5) is 25.9. The summed E-state index contributed by atoms with van der Waals surface area (Å²) in [6.07, 6.45) is 10.5. The summed E-state index contributed by atoms with van der Waals surface area (Å²) in [5, 5.41) is 10.0. The summed E-state index contributed by atoms with van der Waals surface area (Å²) in [5.74, 6) is -0.879. The summed E-state index contributed by atoms with van der Waals surface area (Å²) in [6, 6.07) is 0. The van der Waals surface area contributed by atoms with Gasteiger partial charge in [-0.15, -0.1) is 0 Å². The molecule has 3 heterocycles. The third kappa shape index (κ3) is 4.42. The van der Waals surface area contributed by atoms with E-state index in [1.54, 1.807) is 25.2 Å². The van der Waals surface area contributed by atoms with Crippen LogP contribution in [0.25, 0.3) is 0 Å². The van der Waals surface area contributed by atoms with Gasteiger partial charge in [-0.05, 0) is 40.0 Å². The van der Waals surface area contributed by atoms with Gasteiger partial charge in [0.15, 0.2) is 0 Å². The predicted octanol–water partition coefficient (Wildman–Crippen LogP) is 3.34. The average Bonchev–Trinajstić information content (AvgIpc) is 3.61. The fourth-order valence-corrected chi connectivity index (χ4v) is 6.85. The van der Waals surface area contributed by atoms with Gasteiger partial charge in [-0.2, -0.15) is 0 Å². The second kappa shape index (κ2) is 9.80. The lowest BCUT2D eigenvalue weighted by Gasteiger charge is -2.58. The molecule has 8 atom stereocenters. The topological polar surface area (TPSA) is 104 Å². The Labute approximate surface area is 218 Å². The number of allylic oxidation sites excluding steroid dienone is 3. The van der Waals surface area contributed by atoms with E-state index in [-0.39, 0.29) is 18.8 Å². The zero-order chi connectivity index (χ0) is 26.4. The zero-order valence-corrected chi connectivity index (χ0v) is 22.1. The van der Waals surface area contributed by atoms with Gasteiger partial charge in [0.1, 0.15) is 24.4 Å². The Morgan fingerprint density at radius 2 is 1.84 bits per heavy atom. The molecule has 3 aliphatic heterocycles. The van der Waals surface area contributed by atoms with E-state index in [2.05, 4.69) is 19.9 Å². The molecule has 0 aromatic heterocycles. The minimum Gasteiger partial charge on any atom is -0.462 e. The van der Waals surface area contributed by atoms with Crippen molar-refractivity contribution in [1.82, 2.24) is 0 Å². The van der Waals surface area contributed by atoms with Gasteiger partial charge in [-0.1, -0.05) is 42.4 Å². The molecule has 8 nitrogen and oxygen atoms in total. The second-order valence-electron chi connectivity index (χ2n) is 11.4. The van der Waals surface area contributed by atoms with E-state index in [1.165, 1.54) is 17.7 Å². The molecule has 5 rings (SSSR count). The fraction of sp³-hybridized carbons (Fsp3) is 0.655. The Balaban J connectivity index is 1.51. The molecule has 5 aliphatic rings. The number of esters is 2. The van der Waals surface area contributed by atoms with Crippen LogP contribution in [-0.2, 0) is 33.3 Å². The van der Waals surface area contributed by atoms with Crippen molar-refractivity contribution in [2.24, 2.45) is 10.8 Å². The van der Waals surface area contributed by atoms with Gasteiger partial charge in [0.05, 0.1) is 36.9 Å². The number of ether oxygens (including phenoxy) is 5. The molecule has 2 spiro atoms. The maximum absolute atomic E-state index is 12.9. The summed E-state index contributed by atoms with van der Waals surface area (Å²) in [6.45, 7) is 8.73. The Bertz CT molecular complexity index is 1050. The molecule has 0 aromatic rings. The highest BCUT2D eigenvalue weighted by molar-refractivity contribution is 5.83. The van der Waals surface area contributed by atoms with Crippen LogP contribution >= 0.6 is 0 Å². The van der Waals surface area contributed by atoms with Crippen molar-refractivity contribution in [3.8, 4) is 0 Å². The molecule has 0 radical (unpaired) electrons. The third-order valence-electron chi connectivity index (χ3n) is 9.24. The van der Waals surface area contributed by atoms with Gasteiger partial charge in [-0.25, -0.2) is 9.59 Å². The molecule has 1 N–H and O–H groups in total. The van der Waals surface area contributed by atoms with Gasteiger partial charge in [0.2, 0.25) is 0 Å². The van der Waals surface area contributed by atoms with Crippen molar-refractivity contribution in [2.75, 3.05) is 19.8 Å². The normalized spacial score (nSPS) is 46.2. The third-order valence-corrected chi connectivity index (χ3v) is 9.24. The molecule has 0 amide bonds. The van der Waals surface area contributed by atoms with E-state index >= 15 is 0 Å². The van der Waals surface area contributed by atoms with Gasteiger partial charge < -0.3 is 28.8 Å². The number of rotatable bonds is 1. The van der Waals surface area contributed by atoms with Crippen LogP contribution < -0.4 is 0 Å². The van der Waals surface area contributed by atoms with Gasteiger partial charge >= 0.3 is 11.9 Å². The van der Waals surface area contributed by atoms with E-state index in [9.17, 15) is 14.7 Å². The maximum Gasteiger partial charge on any atom is 0.331 e. The van der Waals surface area contributed by atoms with Crippen molar-refractivity contribution in [3.63, 3.8) is 0 Å². The van der Waals surface area contributed by atoms with Crippen molar-refractivity contribution >= 4 is 11.9 Å². The van der Waals surface area contributed by atoms with Crippen LogP contribution in [0.2, 0.25) is 0 Å². The smallest absolute Gasteiger partial charge is 0.331 e. The zero-order valence-electron chi connectivity index (χ0n) is 22.1. The Morgan fingerprint density at radius 1 is 1.05 bits per heavy atom. The Morgan fingerprint density at radius 3 is 2.57 bits per heavy atom. The van der Waals surface area contributed by atoms with Crippen LogP contribution in [-0.4, -0.2) is 73.0 Å². The largest absolute Gasteiger partial charge is 0.462 e. The van der Waals surface area contributed by atoms with Crippen molar-refractivity contribution in [3.05, 3.63) is 47.6 Å². The van der Waals surface area contributed by atoms with Crippen LogP contribution in [0.15, 0.2) is 47.6 Å². The van der Waals surface area contributed by atoms with Crippen molar-refractivity contribution < 1.29 is 38.4 Å². The first-order valence-electron chi connectivity index (χ1n) is 13.3. The lowest BCUT2D eigenvalue weighted by Crippen LogP contribution is -2.66. The number of aliphatic hydroxyl groups excluding tert-OH is 1. The van der Waals surface area contributed by atoms with Crippen LogP contribution in [0.5, 0.6) is 0 Å². The number of hydrogen-bond donors (Lipinski definition) is 1. The minimum atomic E-state index is -0.735. The number of carbonyl (C=O) groups is 2. The number of aliphatic hydroxyl groups is 1. The first kappa shape index (κ1) is 26.4. The second-order valence-corrected chi connectivity index (χ2v) is 11.4. The molecular weight excluding hydrogens is 476 g/mol. The minimum absolute atomic E-state index is 0.144. The molecule has 8 heteroatoms. The maximum atomic E-state index is 12.9. The predicted molar refractivity (Wildman–Crippen MR) is 134 cm³/mol. The highest BCUT2D eigenvalue weighted by Crippen LogP contribution is 2.72. The molecule has 2 saturated heterocycles. The van der Waals surface area contributed by atoms with E-state index in [4.69, 9.17) is 23.7 Å². The molecule has 37 heavy (non-hydrogen) atoms. The quantitative estimate of drug-likeness (QED) is 0.323. The molecule has 0 unspecified atom stereocenters. The summed E-state index contributed by atoms with van der Waals surface area (Å²) >= 11 is 0. The van der Waals surface area contributed by atoms with Crippen LogP contribution in [0, 0.1) is 10.8 Å². The fourth-order valence-electron chi connectivity index (χ4n) is 6.85. The summed E-state index contributed by atoms with van der Waals surface area (Å²) in [5.41, 5.74) is 0.318. The summed E-state index contributed by atoms with van der Waals surface area (Å²) < 4.78 is 30.6. The van der Waals surface area contributed by atoms with Crippen LogP contribution in [0.1, 0.15) is 53.4 Å².